The van der Waals surface area contributed by atoms with Crippen LogP contribution in [0.1, 0.15) is 10.9 Å². The van der Waals surface area contributed by atoms with Crippen molar-refractivity contribution in [2.75, 3.05) is 14.2 Å². The summed E-state index contributed by atoms with van der Waals surface area (Å²) in [5.74, 6) is 0.263. The summed E-state index contributed by atoms with van der Waals surface area (Å²) in [7, 11) is 2.88. The van der Waals surface area contributed by atoms with Gasteiger partial charge in [-0.15, -0.1) is 11.6 Å². The largest absolute Gasteiger partial charge is 0.497 e. The van der Waals surface area contributed by atoms with E-state index in [0.29, 0.717) is 5.56 Å². The molecule has 14 heavy (non-hydrogen) atoms. The molecule has 0 saturated carbocycles. The van der Waals surface area contributed by atoms with Crippen molar-refractivity contribution in [1.29, 1.82) is 0 Å². The molecule has 0 aliphatic heterocycles. The summed E-state index contributed by atoms with van der Waals surface area (Å²) in [5.41, 5.74) is 0.694. The number of hydrogen-bond acceptors (Lipinski definition) is 3. The van der Waals surface area contributed by atoms with E-state index in [1.807, 2.05) is 0 Å². The van der Waals surface area contributed by atoms with Gasteiger partial charge in [-0.3, -0.25) is 4.79 Å². The predicted octanol–water partition coefficient (Wildman–Crippen LogP) is 2.15. The lowest BCUT2D eigenvalue weighted by Crippen LogP contribution is -2.08. The molecule has 0 heterocycles. The predicted molar refractivity (Wildman–Crippen MR) is 53.6 cm³/mol. The second kappa shape index (κ2) is 4.86. The summed E-state index contributed by atoms with van der Waals surface area (Å²) in [5, 5.41) is -0.758. The highest BCUT2D eigenvalue weighted by atomic mass is 35.5. The van der Waals surface area contributed by atoms with Crippen molar-refractivity contribution in [1.82, 2.24) is 0 Å². The molecule has 0 N–H and O–H groups in total. The number of methoxy groups -OCH3 is 2. The van der Waals surface area contributed by atoms with Crippen molar-refractivity contribution < 1.29 is 14.3 Å². The Hall–Kier alpha value is -1.22. The minimum atomic E-state index is -0.758. The van der Waals surface area contributed by atoms with E-state index >= 15 is 0 Å². The van der Waals surface area contributed by atoms with Crippen molar-refractivity contribution in [3.05, 3.63) is 29.8 Å². The van der Waals surface area contributed by atoms with Crippen LogP contribution in [0.5, 0.6) is 5.75 Å². The highest BCUT2D eigenvalue weighted by molar-refractivity contribution is 6.29. The summed E-state index contributed by atoms with van der Waals surface area (Å²) in [6.45, 7) is 0. The molecule has 1 atom stereocenters. The van der Waals surface area contributed by atoms with Crippen molar-refractivity contribution in [2.45, 2.75) is 5.38 Å². The topological polar surface area (TPSA) is 35.5 Å². The van der Waals surface area contributed by atoms with Crippen LogP contribution < -0.4 is 4.74 Å². The third kappa shape index (κ3) is 2.39. The average Bonchev–Trinajstić information content (AvgIpc) is 2.27. The SMILES string of the molecule is COC(=O)[C@H](Cl)c1ccc(OC)cc1. The Morgan fingerprint density at radius 1 is 1.29 bits per heavy atom. The number of benzene rings is 1. The molecule has 0 unspecified atom stereocenters. The minimum Gasteiger partial charge on any atom is -0.497 e. The van der Waals surface area contributed by atoms with E-state index in [0.717, 1.165) is 5.75 Å². The van der Waals surface area contributed by atoms with Gasteiger partial charge in [-0.25, -0.2) is 0 Å². The van der Waals surface area contributed by atoms with E-state index in [9.17, 15) is 4.79 Å². The van der Waals surface area contributed by atoms with Crippen molar-refractivity contribution in [2.24, 2.45) is 0 Å². The fourth-order valence-corrected chi connectivity index (χ4v) is 1.25. The number of alkyl halides is 1. The van der Waals surface area contributed by atoms with E-state index in [-0.39, 0.29) is 0 Å². The van der Waals surface area contributed by atoms with Crippen LogP contribution in [0, 0.1) is 0 Å². The van der Waals surface area contributed by atoms with Crippen LogP contribution in [0.25, 0.3) is 0 Å². The maximum Gasteiger partial charge on any atom is 0.328 e. The third-order valence-corrected chi connectivity index (χ3v) is 2.25. The zero-order valence-electron chi connectivity index (χ0n) is 7.99. The molecule has 0 aliphatic rings. The van der Waals surface area contributed by atoms with Crippen LogP contribution in [0.2, 0.25) is 0 Å². The van der Waals surface area contributed by atoms with Crippen molar-refractivity contribution >= 4 is 17.6 Å². The monoisotopic (exact) mass is 214 g/mol. The number of carbonyl (C=O) groups excluding carboxylic acids is 1. The highest BCUT2D eigenvalue weighted by Crippen LogP contribution is 2.23. The van der Waals surface area contributed by atoms with Crippen LogP contribution in [-0.2, 0) is 9.53 Å². The maximum atomic E-state index is 11.1. The lowest BCUT2D eigenvalue weighted by atomic mass is 10.1. The molecule has 76 valence electrons. The molecule has 1 rings (SSSR count). The minimum absolute atomic E-state index is 0.461. The van der Waals surface area contributed by atoms with Crippen LogP contribution in [0.15, 0.2) is 24.3 Å². The van der Waals surface area contributed by atoms with Gasteiger partial charge in [-0.05, 0) is 17.7 Å². The quantitative estimate of drug-likeness (QED) is 0.571. The van der Waals surface area contributed by atoms with Gasteiger partial charge < -0.3 is 9.47 Å². The third-order valence-electron chi connectivity index (χ3n) is 1.82. The van der Waals surface area contributed by atoms with Gasteiger partial charge in [0.2, 0.25) is 0 Å². The Bertz CT molecular complexity index is 308. The first-order valence-corrected chi connectivity index (χ1v) is 4.48. The van der Waals surface area contributed by atoms with E-state index in [1.54, 1.807) is 31.4 Å². The van der Waals surface area contributed by atoms with Gasteiger partial charge in [-0.1, -0.05) is 12.1 Å². The molecule has 0 aromatic heterocycles. The molecular formula is C10H11ClO3. The zero-order valence-corrected chi connectivity index (χ0v) is 8.75. The van der Waals surface area contributed by atoms with Crippen LogP contribution in [0.4, 0.5) is 0 Å². The highest BCUT2D eigenvalue weighted by Gasteiger charge is 2.17. The molecule has 1 aromatic rings. The average molecular weight is 215 g/mol. The fourth-order valence-electron chi connectivity index (χ4n) is 1.01. The summed E-state index contributed by atoms with van der Waals surface area (Å²) in [4.78, 5) is 11.1. The van der Waals surface area contributed by atoms with Gasteiger partial charge in [-0.2, -0.15) is 0 Å². The Labute approximate surface area is 87.6 Å². The second-order valence-corrected chi connectivity index (χ2v) is 3.10. The van der Waals surface area contributed by atoms with E-state index in [2.05, 4.69) is 4.74 Å². The number of carbonyl (C=O) groups is 1. The first kappa shape index (κ1) is 10.9. The number of halogens is 1. The molecule has 0 radical (unpaired) electrons. The Balaban J connectivity index is 2.81. The Morgan fingerprint density at radius 2 is 1.86 bits per heavy atom. The lowest BCUT2D eigenvalue weighted by Gasteiger charge is -2.07. The van der Waals surface area contributed by atoms with Gasteiger partial charge in [0.15, 0.2) is 5.38 Å². The standard InChI is InChI=1S/C10H11ClO3/c1-13-8-5-3-7(4-6-8)9(11)10(12)14-2/h3-6,9H,1-2H3/t9-/m1/s1. The molecule has 0 amide bonds. The molecule has 0 spiro atoms. The number of ether oxygens (including phenoxy) is 2. The van der Waals surface area contributed by atoms with Crippen molar-refractivity contribution in [3.63, 3.8) is 0 Å². The summed E-state index contributed by atoms with van der Waals surface area (Å²) >= 11 is 5.84. The molecule has 0 fully saturated rings. The fraction of sp³-hybridized carbons (Fsp3) is 0.300. The second-order valence-electron chi connectivity index (χ2n) is 2.66. The van der Waals surface area contributed by atoms with E-state index in [4.69, 9.17) is 16.3 Å². The molecule has 0 aliphatic carbocycles. The molecule has 3 nitrogen and oxygen atoms in total. The number of rotatable bonds is 3. The van der Waals surface area contributed by atoms with Gasteiger partial charge in [0.1, 0.15) is 5.75 Å². The summed E-state index contributed by atoms with van der Waals surface area (Å²) in [6.07, 6.45) is 0. The van der Waals surface area contributed by atoms with Crippen LogP contribution >= 0.6 is 11.6 Å². The molecule has 0 saturated heterocycles. The summed E-state index contributed by atoms with van der Waals surface area (Å²) in [6, 6.07) is 6.95. The molecule has 4 heteroatoms. The zero-order chi connectivity index (χ0) is 10.6. The smallest absolute Gasteiger partial charge is 0.328 e. The Morgan fingerprint density at radius 3 is 2.29 bits per heavy atom. The Kier molecular flexibility index (Phi) is 3.77. The molecule has 0 bridgehead atoms. The number of hydrogen-bond donors (Lipinski definition) is 0. The number of esters is 1. The van der Waals surface area contributed by atoms with Crippen LogP contribution in [-0.4, -0.2) is 20.2 Å². The van der Waals surface area contributed by atoms with Gasteiger partial charge in [0.25, 0.3) is 0 Å². The molecule has 1 aromatic carbocycles. The van der Waals surface area contributed by atoms with Gasteiger partial charge in [0, 0.05) is 0 Å². The lowest BCUT2D eigenvalue weighted by molar-refractivity contribution is -0.140. The van der Waals surface area contributed by atoms with Crippen LogP contribution in [0.3, 0.4) is 0 Å². The van der Waals surface area contributed by atoms with E-state index in [1.165, 1.54) is 7.11 Å². The van der Waals surface area contributed by atoms with Gasteiger partial charge >= 0.3 is 5.97 Å². The summed E-state index contributed by atoms with van der Waals surface area (Å²) < 4.78 is 9.50. The maximum absolute atomic E-state index is 11.1. The first-order valence-electron chi connectivity index (χ1n) is 4.05. The van der Waals surface area contributed by atoms with Gasteiger partial charge in [0.05, 0.1) is 14.2 Å². The van der Waals surface area contributed by atoms with Crippen molar-refractivity contribution in [3.8, 4) is 5.75 Å². The van der Waals surface area contributed by atoms with E-state index < -0.39 is 11.3 Å². The molecular weight excluding hydrogens is 204 g/mol. The normalized spacial score (nSPS) is 11.9. The first-order chi connectivity index (χ1) is 6.69.